The number of carbonyl (C=O) groups is 1. The second-order valence-electron chi connectivity index (χ2n) is 7.37. The maximum absolute atomic E-state index is 13.0. The average molecular weight is 456 g/mol. The number of sulfone groups is 1. The van der Waals surface area contributed by atoms with Gasteiger partial charge in [-0.15, -0.1) is 0 Å². The standard InChI is InChI=1S/C21H23Cl2NO4S/c1-14-8-19(9-15(2)21(14)23)28-12-20(25)24(18-6-7-29(26,27)13-18)11-16-4-3-5-17(22)10-16/h3-5,8-10,18H,6-7,11-13H2,1-2H3/t18-/m1/s1. The number of carbonyl (C=O) groups excluding carboxylic acids is 1. The third kappa shape index (κ3) is 5.65. The molecule has 8 heteroatoms. The predicted octanol–water partition coefficient (Wildman–Crippen LogP) is 4.20. The van der Waals surface area contributed by atoms with Gasteiger partial charge in [-0.05, 0) is 61.2 Å². The van der Waals surface area contributed by atoms with Crippen molar-refractivity contribution < 1.29 is 17.9 Å². The first kappa shape index (κ1) is 21.9. The topological polar surface area (TPSA) is 63.7 Å². The molecule has 0 aromatic heterocycles. The zero-order valence-electron chi connectivity index (χ0n) is 16.3. The van der Waals surface area contributed by atoms with Gasteiger partial charge >= 0.3 is 0 Å². The maximum atomic E-state index is 13.0. The molecule has 0 aliphatic carbocycles. The van der Waals surface area contributed by atoms with Gasteiger partial charge in [0.2, 0.25) is 0 Å². The second kappa shape index (κ2) is 8.94. The van der Waals surface area contributed by atoms with E-state index in [0.29, 0.717) is 22.2 Å². The summed E-state index contributed by atoms with van der Waals surface area (Å²) >= 11 is 12.2. The molecule has 1 aliphatic rings. The molecule has 1 amide bonds. The highest BCUT2D eigenvalue weighted by molar-refractivity contribution is 7.91. The van der Waals surface area contributed by atoms with Crippen LogP contribution in [0.3, 0.4) is 0 Å². The van der Waals surface area contributed by atoms with E-state index in [2.05, 4.69) is 0 Å². The Hall–Kier alpha value is -1.76. The minimum Gasteiger partial charge on any atom is -0.484 e. The number of ether oxygens (including phenoxy) is 1. The van der Waals surface area contributed by atoms with E-state index in [-0.39, 0.29) is 36.6 Å². The quantitative estimate of drug-likeness (QED) is 0.654. The van der Waals surface area contributed by atoms with Gasteiger partial charge in [0.15, 0.2) is 16.4 Å². The minimum atomic E-state index is -3.13. The molecule has 1 heterocycles. The second-order valence-corrected chi connectivity index (χ2v) is 10.4. The number of nitrogens with zero attached hydrogens (tertiary/aromatic N) is 1. The summed E-state index contributed by atoms with van der Waals surface area (Å²) in [5, 5.41) is 1.24. The van der Waals surface area contributed by atoms with Gasteiger partial charge in [0.05, 0.1) is 11.5 Å². The molecule has 1 aliphatic heterocycles. The Morgan fingerprint density at radius 2 is 1.86 bits per heavy atom. The van der Waals surface area contributed by atoms with Crippen LogP contribution in [-0.4, -0.2) is 43.4 Å². The van der Waals surface area contributed by atoms with Crippen LogP contribution in [0, 0.1) is 13.8 Å². The number of rotatable bonds is 6. The summed E-state index contributed by atoms with van der Waals surface area (Å²) in [6.45, 7) is 3.84. The summed E-state index contributed by atoms with van der Waals surface area (Å²) in [4.78, 5) is 14.6. The largest absolute Gasteiger partial charge is 0.484 e. The van der Waals surface area contributed by atoms with Crippen molar-refractivity contribution in [3.05, 3.63) is 63.1 Å². The van der Waals surface area contributed by atoms with Crippen LogP contribution in [0.5, 0.6) is 5.75 Å². The SMILES string of the molecule is Cc1cc(OCC(=O)N(Cc2cccc(Cl)c2)[C@@H]2CCS(=O)(=O)C2)cc(C)c1Cl. The molecule has 0 radical (unpaired) electrons. The molecular formula is C21H23Cl2NO4S. The number of halogens is 2. The normalized spacial score (nSPS) is 17.9. The Kier molecular flexibility index (Phi) is 6.76. The van der Waals surface area contributed by atoms with Crippen LogP contribution >= 0.6 is 23.2 Å². The van der Waals surface area contributed by atoms with E-state index in [1.807, 2.05) is 26.0 Å². The summed E-state index contributed by atoms with van der Waals surface area (Å²) in [5.41, 5.74) is 2.58. The molecule has 0 saturated carbocycles. The van der Waals surface area contributed by atoms with Gasteiger partial charge in [-0.1, -0.05) is 35.3 Å². The van der Waals surface area contributed by atoms with Crippen molar-refractivity contribution in [1.29, 1.82) is 0 Å². The van der Waals surface area contributed by atoms with E-state index >= 15 is 0 Å². The van der Waals surface area contributed by atoms with Crippen molar-refractivity contribution in [3.8, 4) is 5.75 Å². The van der Waals surface area contributed by atoms with Crippen molar-refractivity contribution in [1.82, 2.24) is 4.90 Å². The lowest BCUT2D eigenvalue weighted by molar-refractivity contribution is -0.136. The fourth-order valence-electron chi connectivity index (χ4n) is 3.49. The zero-order chi connectivity index (χ0) is 21.2. The Balaban J connectivity index is 1.77. The van der Waals surface area contributed by atoms with Crippen LogP contribution in [0.25, 0.3) is 0 Å². The molecule has 3 rings (SSSR count). The Bertz CT molecular complexity index is 1000. The van der Waals surface area contributed by atoms with Gasteiger partial charge in [-0.3, -0.25) is 4.79 Å². The van der Waals surface area contributed by atoms with Crippen molar-refractivity contribution in [2.24, 2.45) is 0 Å². The fraction of sp³-hybridized carbons (Fsp3) is 0.381. The fourth-order valence-corrected chi connectivity index (χ4v) is 5.54. The molecule has 2 aromatic carbocycles. The smallest absolute Gasteiger partial charge is 0.261 e. The third-order valence-corrected chi connectivity index (χ3v) is 7.57. The first-order chi connectivity index (χ1) is 13.6. The van der Waals surface area contributed by atoms with E-state index in [4.69, 9.17) is 27.9 Å². The van der Waals surface area contributed by atoms with Crippen molar-refractivity contribution in [2.45, 2.75) is 32.9 Å². The van der Waals surface area contributed by atoms with Gasteiger partial charge in [-0.25, -0.2) is 8.42 Å². The van der Waals surface area contributed by atoms with Gasteiger partial charge < -0.3 is 9.64 Å². The van der Waals surface area contributed by atoms with Crippen molar-refractivity contribution in [2.75, 3.05) is 18.1 Å². The molecule has 5 nitrogen and oxygen atoms in total. The summed E-state index contributed by atoms with van der Waals surface area (Å²) in [6, 6.07) is 10.4. The highest BCUT2D eigenvalue weighted by atomic mass is 35.5. The van der Waals surface area contributed by atoms with E-state index < -0.39 is 9.84 Å². The van der Waals surface area contributed by atoms with Crippen molar-refractivity contribution in [3.63, 3.8) is 0 Å². The van der Waals surface area contributed by atoms with Gasteiger partial charge in [0, 0.05) is 22.6 Å². The molecule has 2 aromatic rings. The molecule has 0 N–H and O–H groups in total. The monoisotopic (exact) mass is 455 g/mol. The summed E-state index contributed by atoms with van der Waals surface area (Å²) < 4.78 is 29.6. The number of aryl methyl sites for hydroxylation is 2. The number of amides is 1. The Morgan fingerprint density at radius 1 is 1.17 bits per heavy atom. The maximum Gasteiger partial charge on any atom is 0.261 e. The first-order valence-electron chi connectivity index (χ1n) is 9.28. The van der Waals surface area contributed by atoms with Crippen molar-refractivity contribution >= 4 is 38.9 Å². The van der Waals surface area contributed by atoms with Crippen LogP contribution in [0.1, 0.15) is 23.1 Å². The average Bonchev–Trinajstić information content (AvgIpc) is 3.01. The first-order valence-corrected chi connectivity index (χ1v) is 11.9. The number of hydrogen-bond acceptors (Lipinski definition) is 4. The molecule has 29 heavy (non-hydrogen) atoms. The van der Waals surface area contributed by atoms with E-state index in [0.717, 1.165) is 16.7 Å². The van der Waals surface area contributed by atoms with Crippen LogP contribution < -0.4 is 4.74 Å². The molecule has 156 valence electrons. The Labute approximate surface area is 181 Å². The summed E-state index contributed by atoms with van der Waals surface area (Å²) in [7, 11) is -3.13. The van der Waals surface area contributed by atoms with Gasteiger partial charge in [-0.2, -0.15) is 0 Å². The third-order valence-electron chi connectivity index (χ3n) is 4.98. The lowest BCUT2D eigenvalue weighted by atomic mass is 10.1. The zero-order valence-corrected chi connectivity index (χ0v) is 18.6. The van der Waals surface area contributed by atoms with Crippen LogP contribution in [0.15, 0.2) is 36.4 Å². The highest BCUT2D eigenvalue weighted by Crippen LogP contribution is 2.26. The van der Waals surface area contributed by atoms with E-state index in [1.54, 1.807) is 29.2 Å². The minimum absolute atomic E-state index is 0.0293. The van der Waals surface area contributed by atoms with Crippen LogP contribution in [-0.2, 0) is 21.2 Å². The molecule has 1 atom stereocenters. The van der Waals surface area contributed by atoms with Gasteiger partial charge in [0.25, 0.3) is 5.91 Å². The molecule has 0 bridgehead atoms. The molecule has 0 unspecified atom stereocenters. The summed E-state index contributed by atoms with van der Waals surface area (Å²) in [5.74, 6) is 0.350. The molecular weight excluding hydrogens is 433 g/mol. The lowest BCUT2D eigenvalue weighted by Crippen LogP contribution is -2.43. The summed E-state index contributed by atoms with van der Waals surface area (Å²) in [6.07, 6.45) is 0.424. The van der Waals surface area contributed by atoms with Gasteiger partial charge in [0.1, 0.15) is 5.75 Å². The molecule has 1 saturated heterocycles. The molecule has 0 spiro atoms. The number of benzene rings is 2. The number of hydrogen-bond donors (Lipinski definition) is 0. The van der Waals surface area contributed by atoms with Crippen LogP contribution in [0.4, 0.5) is 0 Å². The Morgan fingerprint density at radius 3 is 2.45 bits per heavy atom. The van der Waals surface area contributed by atoms with Crippen LogP contribution in [0.2, 0.25) is 10.0 Å². The van der Waals surface area contributed by atoms with E-state index in [1.165, 1.54) is 0 Å². The lowest BCUT2D eigenvalue weighted by Gasteiger charge is -2.28. The highest BCUT2D eigenvalue weighted by Gasteiger charge is 2.34. The van der Waals surface area contributed by atoms with E-state index in [9.17, 15) is 13.2 Å². The molecule has 1 fully saturated rings. The predicted molar refractivity (Wildman–Crippen MR) is 115 cm³/mol.